The lowest BCUT2D eigenvalue weighted by atomic mass is 10.2. The van der Waals surface area contributed by atoms with Crippen LogP contribution in [0.2, 0.25) is 0 Å². The van der Waals surface area contributed by atoms with Crippen LogP contribution in [0.3, 0.4) is 0 Å². The van der Waals surface area contributed by atoms with E-state index in [1.807, 2.05) is 24.0 Å². The van der Waals surface area contributed by atoms with E-state index in [1.54, 1.807) is 11.3 Å². The molecule has 0 spiro atoms. The van der Waals surface area contributed by atoms with Gasteiger partial charge in [0.1, 0.15) is 0 Å². The Morgan fingerprint density at radius 2 is 2.05 bits per heavy atom. The van der Waals surface area contributed by atoms with Crippen molar-refractivity contribution in [2.75, 3.05) is 5.32 Å². The van der Waals surface area contributed by atoms with Gasteiger partial charge in [-0.1, -0.05) is 0 Å². The summed E-state index contributed by atoms with van der Waals surface area (Å²) in [4.78, 5) is 9.05. The Balaban J connectivity index is 1.84. The summed E-state index contributed by atoms with van der Waals surface area (Å²) in [5.74, 6) is 0. The number of aryl methyl sites for hydroxylation is 1. The number of hydrogen-bond donors (Lipinski definition) is 1. The van der Waals surface area contributed by atoms with Gasteiger partial charge in [-0.2, -0.15) is 5.10 Å². The van der Waals surface area contributed by atoms with Crippen LogP contribution in [0.15, 0.2) is 23.8 Å². The molecule has 0 saturated carbocycles. The molecule has 0 fully saturated rings. The fraction of sp³-hybridized carbons (Fsp3) is 0.400. The molecule has 21 heavy (non-hydrogen) atoms. The predicted molar refractivity (Wildman–Crippen MR) is 86.8 cm³/mol. The number of aromatic nitrogens is 4. The normalized spacial score (nSPS) is 13.0. The van der Waals surface area contributed by atoms with Gasteiger partial charge in [0.25, 0.3) is 0 Å². The lowest BCUT2D eigenvalue weighted by Crippen LogP contribution is -2.08. The van der Waals surface area contributed by atoms with Crippen LogP contribution in [0, 0.1) is 6.92 Å². The Labute approximate surface area is 128 Å². The number of nitrogens with one attached hydrogen (secondary N) is 1. The molecule has 0 aliphatic rings. The zero-order valence-corrected chi connectivity index (χ0v) is 13.5. The van der Waals surface area contributed by atoms with E-state index in [0.29, 0.717) is 6.04 Å². The highest BCUT2D eigenvalue weighted by molar-refractivity contribution is 7.09. The summed E-state index contributed by atoms with van der Waals surface area (Å²) >= 11 is 1.67. The second-order valence-corrected chi connectivity index (χ2v) is 6.54. The van der Waals surface area contributed by atoms with Crippen molar-refractivity contribution in [3.8, 4) is 0 Å². The minimum absolute atomic E-state index is 0.161. The van der Waals surface area contributed by atoms with Crippen LogP contribution in [-0.2, 0) is 0 Å². The minimum Gasteiger partial charge on any atom is -0.376 e. The summed E-state index contributed by atoms with van der Waals surface area (Å²) < 4.78 is 1.94. The van der Waals surface area contributed by atoms with E-state index in [1.165, 1.54) is 0 Å². The largest absolute Gasteiger partial charge is 0.376 e. The molecular formula is C15H19N5S. The summed E-state index contributed by atoms with van der Waals surface area (Å²) in [5.41, 5.74) is 2.98. The first-order valence-corrected chi connectivity index (χ1v) is 7.94. The molecule has 1 N–H and O–H groups in total. The van der Waals surface area contributed by atoms with E-state index in [2.05, 4.69) is 52.6 Å². The van der Waals surface area contributed by atoms with Gasteiger partial charge in [-0.15, -0.1) is 11.3 Å². The number of fused-ring (bicyclic) bond motifs is 1. The van der Waals surface area contributed by atoms with E-state index in [0.717, 1.165) is 27.4 Å². The lowest BCUT2D eigenvalue weighted by Gasteiger charge is -2.13. The van der Waals surface area contributed by atoms with Crippen molar-refractivity contribution in [2.24, 2.45) is 0 Å². The molecule has 3 rings (SSSR count). The monoisotopic (exact) mass is 301 g/mol. The minimum atomic E-state index is 0.161. The Morgan fingerprint density at radius 3 is 2.71 bits per heavy atom. The maximum absolute atomic E-state index is 4.53. The topological polar surface area (TPSA) is 55.6 Å². The van der Waals surface area contributed by atoms with Crippen LogP contribution >= 0.6 is 11.3 Å². The third-order valence-electron chi connectivity index (χ3n) is 3.39. The fourth-order valence-electron chi connectivity index (χ4n) is 2.30. The van der Waals surface area contributed by atoms with Crippen molar-refractivity contribution >= 4 is 28.1 Å². The van der Waals surface area contributed by atoms with Crippen LogP contribution in [-0.4, -0.2) is 19.7 Å². The molecule has 1 atom stereocenters. The van der Waals surface area contributed by atoms with E-state index >= 15 is 0 Å². The maximum Gasteiger partial charge on any atom is 0.158 e. The number of pyridine rings is 1. The maximum atomic E-state index is 4.53. The van der Waals surface area contributed by atoms with Gasteiger partial charge in [0.15, 0.2) is 5.65 Å². The van der Waals surface area contributed by atoms with Gasteiger partial charge in [-0.05, 0) is 33.8 Å². The summed E-state index contributed by atoms with van der Waals surface area (Å²) in [6.07, 6.45) is 3.73. The Morgan fingerprint density at radius 1 is 1.24 bits per heavy atom. The van der Waals surface area contributed by atoms with Crippen LogP contribution in [0.5, 0.6) is 0 Å². The third kappa shape index (κ3) is 2.76. The van der Waals surface area contributed by atoms with Gasteiger partial charge >= 0.3 is 0 Å². The standard InChI is InChI=1S/C15H19N5S/c1-9(2)20-15-12(6-17-20)5-13(7-16-15)18-10(3)14-8-21-11(4)19-14/h5-10,18H,1-4H3. The molecule has 0 saturated heterocycles. The molecule has 0 bridgehead atoms. The van der Waals surface area contributed by atoms with Crippen LogP contribution in [0.4, 0.5) is 5.69 Å². The predicted octanol–water partition coefficient (Wildman–Crippen LogP) is 3.95. The van der Waals surface area contributed by atoms with E-state index < -0.39 is 0 Å². The van der Waals surface area contributed by atoms with E-state index in [-0.39, 0.29) is 6.04 Å². The summed E-state index contributed by atoms with van der Waals surface area (Å²) in [7, 11) is 0. The molecule has 0 aromatic carbocycles. The van der Waals surface area contributed by atoms with Crippen molar-refractivity contribution in [2.45, 2.75) is 39.8 Å². The summed E-state index contributed by atoms with van der Waals surface area (Å²) in [6.45, 7) is 8.34. The average molecular weight is 301 g/mol. The molecule has 1 unspecified atom stereocenters. The zero-order valence-electron chi connectivity index (χ0n) is 12.7. The Kier molecular flexibility index (Phi) is 3.63. The number of hydrogen-bond acceptors (Lipinski definition) is 5. The molecule has 6 heteroatoms. The van der Waals surface area contributed by atoms with Gasteiger partial charge in [-0.25, -0.2) is 14.6 Å². The summed E-state index contributed by atoms with van der Waals surface area (Å²) in [5, 5.41) is 12.1. The average Bonchev–Trinajstić information content (AvgIpc) is 3.04. The van der Waals surface area contributed by atoms with E-state index in [4.69, 9.17) is 0 Å². The molecule has 5 nitrogen and oxygen atoms in total. The molecule has 0 aliphatic carbocycles. The second-order valence-electron chi connectivity index (χ2n) is 5.48. The molecule has 3 aromatic rings. The summed E-state index contributed by atoms with van der Waals surface area (Å²) in [6, 6.07) is 2.56. The highest BCUT2D eigenvalue weighted by Gasteiger charge is 2.11. The van der Waals surface area contributed by atoms with Crippen molar-refractivity contribution in [1.29, 1.82) is 0 Å². The molecule has 0 amide bonds. The molecule has 110 valence electrons. The first kappa shape index (κ1) is 14.0. The van der Waals surface area contributed by atoms with Crippen LogP contribution in [0.1, 0.15) is 43.6 Å². The van der Waals surface area contributed by atoms with Gasteiger partial charge in [0.2, 0.25) is 0 Å². The third-order valence-corrected chi connectivity index (χ3v) is 4.18. The zero-order chi connectivity index (χ0) is 15.0. The van der Waals surface area contributed by atoms with Gasteiger partial charge in [-0.3, -0.25) is 0 Å². The van der Waals surface area contributed by atoms with Gasteiger partial charge < -0.3 is 5.32 Å². The Bertz CT molecular complexity index is 758. The molecular weight excluding hydrogens is 282 g/mol. The molecule has 0 aliphatic heterocycles. The Hall–Kier alpha value is -1.95. The first-order valence-electron chi connectivity index (χ1n) is 7.06. The number of rotatable bonds is 4. The highest BCUT2D eigenvalue weighted by atomic mass is 32.1. The van der Waals surface area contributed by atoms with Crippen LogP contribution in [0.25, 0.3) is 11.0 Å². The number of anilines is 1. The quantitative estimate of drug-likeness (QED) is 0.792. The van der Waals surface area contributed by atoms with Gasteiger partial charge in [0.05, 0.1) is 34.8 Å². The highest BCUT2D eigenvalue weighted by Crippen LogP contribution is 2.23. The second kappa shape index (κ2) is 5.44. The smallest absolute Gasteiger partial charge is 0.158 e. The lowest BCUT2D eigenvalue weighted by molar-refractivity contribution is 0.546. The SMILES string of the molecule is Cc1nc(C(C)Nc2cnc3c(cnn3C(C)C)c2)cs1. The van der Waals surface area contributed by atoms with E-state index in [9.17, 15) is 0 Å². The molecule has 3 aromatic heterocycles. The molecule has 3 heterocycles. The number of thiazole rings is 1. The first-order chi connectivity index (χ1) is 10.0. The van der Waals surface area contributed by atoms with Crippen molar-refractivity contribution in [1.82, 2.24) is 19.7 Å². The van der Waals surface area contributed by atoms with Crippen molar-refractivity contribution in [3.63, 3.8) is 0 Å². The van der Waals surface area contributed by atoms with Crippen molar-refractivity contribution < 1.29 is 0 Å². The van der Waals surface area contributed by atoms with Crippen molar-refractivity contribution in [3.05, 3.63) is 34.5 Å². The molecule has 0 radical (unpaired) electrons. The fourth-order valence-corrected chi connectivity index (χ4v) is 3.01. The van der Waals surface area contributed by atoms with Crippen LogP contribution < -0.4 is 5.32 Å². The number of nitrogens with zero attached hydrogens (tertiary/aromatic N) is 4. The van der Waals surface area contributed by atoms with Gasteiger partial charge in [0, 0.05) is 16.8 Å².